The van der Waals surface area contributed by atoms with Gasteiger partial charge in [-0.1, -0.05) is 0 Å². The molecular formula is C8H14N2O3. The first-order valence-corrected chi connectivity index (χ1v) is 4.14. The maximum absolute atomic E-state index is 11.3. The van der Waals surface area contributed by atoms with Gasteiger partial charge in [0.1, 0.15) is 5.54 Å². The van der Waals surface area contributed by atoms with E-state index in [4.69, 9.17) is 0 Å². The molecule has 0 unspecified atom stereocenters. The largest absolute Gasteiger partial charge is 0.467 e. The summed E-state index contributed by atoms with van der Waals surface area (Å²) < 4.78 is 4.62. The average molecular weight is 186 g/mol. The van der Waals surface area contributed by atoms with E-state index < -0.39 is 11.5 Å². The lowest BCUT2D eigenvalue weighted by Crippen LogP contribution is -2.52. The molecule has 0 spiro atoms. The number of methoxy groups -OCH3 is 1. The monoisotopic (exact) mass is 186 g/mol. The summed E-state index contributed by atoms with van der Waals surface area (Å²) in [6, 6.07) is -0.213. The Balaban J connectivity index is 2.79. The van der Waals surface area contributed by atoms with E-state index in [-0.39, 0.29) is 6.03 Å². The number of nitrogens with zero attached hydrogens (tertiary/aromatic N) is 1. The average Bonchev–Trinajstić information content (AvgIpc) is 2.50. The van der Waals surface area contributed by atoms with Gasteiger partial charge >= 0.3 is 12.0 Å². The summed E-state index contributed by atoms with van der Waals surface area (Å²) in [6.07, 6.45) is 0. The maximum atomic E-state index is 11.3. The second-order valence-electron chi connectivity index (χ2n) is 3.43. The smallest absolute Gasteiger partial charge is 0.331 e. The van der Waals surface area contributed by atoms with Crippen LogP contribution in [0.5, 0.6) is 0 Å². The van der Waals surface area contributed by atoms with Crippen LogP contribution in [0.1, 0.15) is 13.8 Å². The number of carbonyl (C=O) groups is 2. The standard InChI is InChI=1S/C8H14N2O3/c1-8(2,6(11)13-3)10-5-4-9-7(10)12/h4-5H2,1-3H3,(H,9,12). The van der Waals surface area contributed by atoms with Crippen LogP contribution >= 0.6 is 0 Å². The van der Waals surface area contributed by atoms with E-state index in [0.717, 1.165) is 0 Å². The van der Waals surface area contributed by atoms with E-state index in [2.05, 4.69) is 10.1 Å². The minimum atomic E-state index is -0.880. The summed E-state index contributed by atoms with van der Waals surface area (Å²) in [7, 11) is 1.32. The fourth-order valence-corrected chi connectivity index (χ4v) is 1.36. The van der Waals surface area contributed by atoms with Crippen LogP contribution in [0.2, 0.25) is 0 Å². The molecule has 13 heavy (non-hydrogen) atoms. The highest BCUT2D eigenvalue weighted by molar-refractivity contribution is 5.87. The van der Waals surface area contributed by atoms with Crippen molar-refractivity contribution in [2.75, 3.05) is 20.2 Å². The molecule has 0 aromatic rings. The topological polar surface area (TPSA) is 58.6 Å². The van der Waals surface area contributed by atoms with Crippen molar-refractivity contribution in [3.05, 3.63) is 0 Å². The van der Waals surface area contributed by atoms with Crippen molar-refractivity contribution in [3.63, 3.8) is 0 Å². The predicted molar refractivity (Wildman–Crippen MR) is 46.2 cm³/mol. The number of amides is 2. The second-order valence-corrected chi connectivity index (χ2v) is 3.43. The molecule has 1 N–H and O–H groups in total. The number of hydrogen-bond acceptors (Lipinski definition) is 3. The first kappa shape index (κ1) is 9.83. The quantitative estimate of drug-likeness (QED) is 0.616. The zero-order valence-electron chi connectivity index (χ0n) is 8.09. The Morgan fingerprint density at radius 1 is 1.62 bits per heavy atom. The molecule has 1 aliphatic heterocycles. The SMILES string of the molecule is COC(=O)C(C)(C)N1CCNC1=O. The maximum Gasteiger partial charge on any atom is 0.331 e. The van der Waals surface area contributed by atoms with Crippen molar-refractivity contribution >= 4 is 12.0 Å². The van der Waals surface area contributed by atoms with Gasteiger partial charge in [0, 0.05) is 13.1 Å². The lowest BCUT2D eigenvalue weighted by Gasteiger charge is -2.31. The number of urea groups is 1. The number of rotatable bonds is 2. The molecule has 1 saturated heterocycles. The zero-order valence-corrected chi connectivity index (χ0v) is 8.09. The third-order valence-electron chi connectivity index (χ3n) is 2.22. The van der Waals surface area contributed by atoms with Crippen LogP contribution in [-0.4, -0.2) is 42.6 Å². The first-order chi connectivity index (χ1) is 6.00. The lowest BCUT2D eigenvalue weighted by molar-refractivity contribution is -0.150. The van der Waals surface area contributed by atoms with Crippen LogP contribution in [0.15, 0.2) is 0 Å². The minimum Gasteiger partial charge on any atom is -0.467 e. The number of carbonyl (C=O) groups excluding carboxylic acids is 2. The molecule has 1 fully saturated rings. The Morgan fingerprint density at radius 2 is 2.23 bits per heavy atom. The van der Waals surface area contributed by atoms with Gasteiger partial charge < -0.3 is 15.0 Å². The molecule has 5 heteroatoms. The second kappa shape index (κ2) is 3.24. The zero-order chi connectivity index (χ0) is 10.1. The predicted octanol–water partition coefficient (Wildman–Crippen LogP) is -0.0368. The molecule has 0 bridgehead atoms. The molecule has 74 valence electrons. The van der Waals surface area contributed by atoms with Gasteiger partial charge in [0.2, 0.25) is 0 Å². The van der Waals surface area contributed by atoms with Gasteiger partial charge in [0.05, 0.1) is 7.11 Å². The third-order valence-corrected chi connectivity index (χ3v) is 2.22. The molecule has 1 aliphatic rings. The van der Waals surface area contributed by atoms with Gasteiger partial charge in [0.25, 0.3) is 0 Å². The van der Waals surface area contributed by atoms with Crippen LogP contribution in [0.25, 0.3) is 0 Å². The summed E-state index contributed by atoms with van der Waals surface area (Å²) in [6.45, 7) is 4.47. The van der Waals surface area contributed by atoms with Crippen molar-refractivity contribution in [2.24, 2.45) is 0 Å². The molecule has 1 rings (SSSR count). The van der Waals surface area contributed by atoms with Crippen molar-refractivity contribution < 1.29 is 14.3 Å². The van der Waals surface area contributed by atoms with Gasteiger partial charge in [-0.25, -0.2) is 9.59 Å². The Kier molecular flexibility index (Phi) is 2.45. The van der Waals surface area contributed by atoms with Crippen molar-refractivity contribution in [1.29, 1.82) is 0 Å². The van der Waals surface area contributed by atoms with Crippen LogP contribution < -0.4 is 5.32 Å². The van der Waals surface area contributed by atoms with Gasteiger partial charge in [-0.15, -0.1) is 0 Å². The Bertz CT molecular complexity index is 238. The molecule has 0 radical (unpaired) electrons. The van der Waals surface area contributed by atoms with Gasteiger partial charge in [0.15, 0.2) is 0 Å². The molecule has 2 amide bonds. The van der Waals surface area contributed by atoms with E-state index in [1.165, 1.54) is 12.0 Å². The van der Waals surface area contributed by atoms with Crippen molar-refractivity contribution in [1.82, 2.24) is 10.2 Å². The Labute approximate surface area is 77.0 Å². The highest BCUT2D eigenvalue weighted by Crippen LogP contribution is 2.18. The minimum absolute atomic E-state index is 0.213. The van der Waals surface area contributed by atoms with Crippen molar-refractivity contribution in [3.8, 4) is 0 Å². The van der Waals surface area contributed by atoms with E-state index in [9.17, 15) is 9.59 Å². The molecule has 0 atom stereocenters. The summed E-state index contributed by atoms with van der Waals surface area (Å²) in [5.74, 6) is -0.399. The summed E-state index contributed by atoms with van der Waals surface area (Å²) in [5.41, 5.74) is -0.880. The number of nitrogens with one attached hydrogen (secondary N) is 1. The van der Waals surface area contributed by atoms with Crippen LogP contribution in [0.4, 0.5) is 4.79 Å². The van der Waals surface area contributed by atoms with E-state index in [1.54, 1.807) is 13.8 Å². The van der Waals surface area contributed by atoms with E-state index in [0.29, 0.717) is 13.1 Å². The molecule has 5 nitrogen and oxygen atoms in total. The normalized spacial score (nSPS) is 17.2. The molecule has 0 aliphatic carbocycles. The molecule has 0 saturated carbocycles. The molecular weight excluding hydrogens is 172 g/mol. The summed E-state index contributed by atoms with van der Waals surface area (Å²) >= 11 is 0. The first-order valence-electron chi connectivity index (χ1n) is 4.14. The Morgan fingerprint density at radius 3 is 2.62 bits per heavy atom. The summed E-state index contributed by atoms with van der Waals surface area (Å²) in [5, 5.41) is 2.63. The number of esters is 1. The van der Waals surface area contributed by atoms with E-state index >= 15 is 0 Å². The highest BCUT2D eigenvalue weighted by atomic mass is 16.5. The van der Waals surface area contributed by atoms with Gasteiger partial charge in [-0.2, -0.15) is 0 Å². The summed E-state index contributed by atoms with van der Waals surface area (Å²) in [4.78, 5) is 24.0. The highest BCUT2D eigenvalue weighted by Gasteiger charge is 2.40. The lowest BCUT2D eigenvalue weighted by atomic mass is 10.0. The van der Waals surface area contributed by atoms with Crippen LogP contribution in [0, 0.1) is 0 Å². The van der Waals surface area contributed by atoms with Gasteiger partial charge in [-0.3, -0.25) is 0 Å². The number of hydrogen-bond donors (Lipinski definition) is 1. The third kappa shape index (κ3) is 1.59. The number of ether oxygens (including phenoxy) is 1. The van der Waals surface area contributed by atoms with Crippen LogP contribution in [0.3, 0.4) is 0 Å². The van der Waals surface area contributed by atoms with Crippen molar-refractivity contribution in [2.45, 2.75) is 19.4 Å². The fourth-order valence-electron chi connectivity index (χ4n) is 1.36. The Hall–Kier alpha value is -1.26. The van der Waals surface area contributed by atoms with Crippen LogP contribution in [-0.2, 0) is 9.53 Å². The van der Waals surface area contributed by atoms with Gasteiger partial charge in [-0.05, 0) is 13.8 Å². The molecule has 1 heterocycles. The molecule has 0 aromatic heterocycles. The van der Waals surface area contributed by atoms with E-state index in [1.807, 2.05) is 0 Å². The fraction of sp³-hybridized carbons (Fsp3) is 0.750. The molecule has 0 aromatic carbocycles.